The minimum absolute atomic E-state index is 0.0552. The smallest absolute Gasteiger partial charge is 0.256 e. The summed E-state index contributed by atoms with van der Waals surface area (Å²) >= 11 is 0. The number of carbonyl (C=O) groups excluding carboxylic acids is 1. The summed E-state index contributed by atoms with van der Waals surface area (Å²) < 4.78 is 33.5. The molecule has 0 fully saturated rings. The minimum atomic E-state index is -3.68. The molecule has 4 aromatic rings. The van der Waals surface area contributed by atoms with Gasteiger partial charge in [0.2, 0.25) is 10.0 Å². The second kappa shape index (κ2) is 10.1. The van der Waals surface area contributed by atoms with Gasteiger partial charge >= 0.3 is 0 Å². The van der Waals surface area contributed by atoms with Crippen LogP contribution in [0.4, 0.5) is 5.69 Å². The van der Waals surface area contributed by atoms with Crippen molar-refractivity contribution in [2.75, 3.05) is 26.5 Å². The Morgan fingerprint density at radius 1 is 1.03 bits per heavy atom. The maximum Gasteiger partial charge on any atom is 0.256 e. The van der Waals surface area contributed by atoms with E-state index >= 15 is 0 Å². The van der Waals surface area contributed by atoms with E-state index in [1.807, 2.05) is 53.3 Å². The third-order valence-electron chi connectivity index (χ3n) is 5.54. The van der Waals surface area contributed by atoms with Crippen LogP contribution < -0.4 is 10.1 Å². The number of benzene rings is 3. The van der Waals surface area contributed by atoms with Crippen LogP contribution in [-0.4, -0.2) is 49.6 Å². The van der Waals surface area contributed by atoms with Crippen LogP contribution in [0.25, 0.3) is 11.1 Å². The maximum atomic E-state index is 13.3. The SMILES string of the molecule is COc1ccc(S(=O)(=O)N(C)C)cc1NC(=O)c1ccccc1-c1ccc(Cn2cccn2)cc1. The van der Waals surface area contributed by atoms with E-state index in [-0.39, 0.29) is 16.5 Å². The molecule has 35 heavy (non-hydrogen) atoms. The Morgan fingerprint density at radius 2 is 1.77 bits per heavy atom. The first-order valence-electron chi connectivity index (χ1n) is 10.9. The van der Waals surface area contributed by atoms with Gasteiger partial charge in [0.05, 0.1) is 24.2 Å². The summed E-state index contributed by atoms with van der Waals surface area (Å²) in [7, 11) is 0.689. The number of sulfonamides is 1. The molecule has 0 aliphatic heterocycles. The zero-order chi connectivity index (χ0) is 25.0. The van der Waals surface area contributed by atoms with Gasteiger partial charge in [0.1, 0.15) is 5.75 Å². The number of aromatic nitrogens is 2. The van der Waals surface area contributed by atoms with Gasteiger partial charge in [-0.1, -0.05) is 42.5 Å². The van der Waals surface area contributed by atoms with Gasteiger partial charge in [-0.15, -0.1) is 0 Å². The molecule has 0 bridgehead atoms. The molecule has 4 rings (SSSR count). The van der Waals surface area contributed by atoms with Crippen molar-refractivity contribution in [2.45, 2.75) is 11.4 Å². The number of ether oxygens (including phenoxy) is 1. The third kappa shape index (κ3) is 5.26. The van der Waals surface area contributed by atoms with Crippen molar-refractivity contribution >= 4 is 21.6 Å². The minimum Gasteiger partial charge on any atom is -0.495 e. The summed E-state index contributed by atoms with van der Waals surface area (Å²) in [5, 5.41) is 7.05. The van der Waals surface area contributed by atoms with Crippen molar-refractivity contribution in [3.63, 3.8) is 0 Å². The van der Waals surface area contributed by atoms with Crippen molar-refractivity contribution in [1.82, 2.24) is 14.1 Å². The molecular weight excluding hydrogens is 464 g/mol. The van der Waals surface area contributed by atoms with E-state index in [1.54, 1.807) is 18.3 Å². The maximum absolute atomic E-state index is 13.3. The van der Waals surface area contributed by atoms with Gasteiger partial charge in [0.25, 0.3) is 5.91 Å². The lowest BCUT2D eigenvalue weighted by Crippen LogP contribution is -2.22. The van der Waals surface area contributed by atoms with E-state index in [4.69, 9.17) is 4.74 Å². The Morgan fingerprint density at radius 3 is 2.43 bits per heavy atom. The summed E-state index contributed by atoms with van der Waals surface area (Å²) in [6.07, 6.45) is 3.64. The molecule has 0 aliphatic carbocycles. The van der Waals surface area contributed by atoms with Crippen LogP contribution in [0.5, 0.6) is 5.75 Å². The summed E-state index contributed by atoms with van der Waals surface area (Å²) in [6.45, 7) is 0.654. The highest BCUT2D eigenvalue weighted by Crippen LogP contribution is 2.30. The highest BCUT2D eigenvalue weighted by molar-refractivity contribution is 7.89. The second-order valence-corrected chi connectivity index (χ2v) is 10.2. The van der Waals surface area contributed by atoms with Gasteiger partial charge in [-0.2, -0.15) is 5.10 Å². The molecule has 1 aromatic heterocycles. The van der Waals surface area contributed by atoms with E-state index in [1.165, 1.54) is 39.4 Å². The monoisotopic (exact) mass is 490 g/mol. The number of anilines is 1. The van der Waals surface area contributed by atoms with Gasteiger partial charge in [-0.05, 0) is 47.0 Å². The highest BCUT2D eigenvalue weighted by atomic mass is 32.2. The topological polar surface area (TPSA) is 93.5 Å². The van der Waals surface area contributed by atoms with E-state index in [0.29, 0.717) is 17.9 Å². The van der Waals surface area contributed by atoms with E-state index < -0.39 is 10.0 Å². The summed E-state index contributed by atoms with van der Waals surface area (Å²) in [5.41, 5.74) is 3.45. The van der Waals surface area contributed by atoms with Gasteiger partial charge in [0, 0.05) is 32.1 Å². The zero-order valence-electron chi connectivity index (χ0n) is 19.7. The first-order valence-corrected chi connectivity index (χ1v) is 12.3. The molecule has 1 heterocycles. The van der Waals surface area contributed by atoms with Crippen molar-refractivity contribution in [3.8, 4) is 16.9 Å². The molecule has 0 radical (unpaired) electrons. The van der Waals surface area contributed by atoms with Crippen molar-refractivity contribution in [3.05, 3.63) is 96.3 Å². The molecule has 0 spiro atoms. The molecule has 0 aliphatic rings. The Labute approximate surface area is 204 Å². The third-order valence-corrected chi connectivity index (χ3v) is 7.35. The number of nitrogens with one attached hydrogen (secondary N) is 1. The molecule has 8 nitrogen and oxygen atoms in total. The lowest BCUT2D eigenvalue weighted by atomic mass is 9.98. The molecule has 1 N–H and O–H groups in total. The van der Waals surface area contributed by atoms with Gasteiger partial charge in [0.15, 0.2) is 0 Å². The summed E-state index contributed by atoms with van der Waals surface area (Å²) in [6, 6.07) is 21.5. The van der Waals surface area contributed by atoms with Crippen LogP contribution in [-0.2, 0) is 16.6 Å². The molecule has 0 atom stereocenters. The summed E-state index contributed by atoms with van der Waals surface area (Å²) in [5.74, 6) is -0.0181. The van der Waals surface area contributed by atoms with Crippen LogP contribution in [0.2, 0.25) is 0 Å². The average molecular weight is 491 g/mol. The van der Waals surface area contributed by atoms with Crippen LogP contribution >= 0.6 is 0 Å². The van der Waals surface area contributed by atoms with E-state index in [2.05, 4.69) is 10.4 Å². The molecule has 180 valence electrons. The molecular formula is C26H26N4O4S. The lowest BCUT2D eigenvalue weighted by Gasteiger charge is -2.16. The number of hydrogen-bond donors (Lipinski definition) is 1. The van der Waals surface area contributed by atoms with Gasteiger partial charge < -0.3 is 10.1 Å². The standard InChI is InChI=1S/C26H26N4O4S/c1-29(2)35(32,33)21-13-14-25(34-3)24(17-21)28-26(31)23-8-5-4-7-22(23)20-11-9-19(10-12-20)18-30-16-6-15-27-30/h4-17H,18H2,1-3H3,(H,28,31). The normalized spacial score (nSPS) is 11.4. The largest absolute Gasteiger partial charge is 0.495 e. The van der Waals surface area contributed by atoms with Crippen molar-refractivity contribution < 1.29 is 17.9 Å². The first-order chi connectivity index (χ1) is 16.8. The molecule has 9 heteroatoms. The number of nitrogens with zero attached hydrogens (tertiary/aromatic N) is 3. The number of methoxy groups -OCH3 is 1. The Bertz CT molecular complexity index is 1430. The van der Waals surface area contributed by atoms with E-state index in [9.17, 15) is 13.2 Å². The number of rotatable bonds is 8. The molecule has 0 unspecified atom stereocenters. The predicted molar refractivity (Wildman–Crippen MR) is 135 cm³/mol. The van der Waals surface area contributed by atoms with Crippen LogP contribution in [0.3, 0.4) is 0 Å². The highest BCUT2D eigenvalue weighted by Gasteiger charge is 2.21. The Kier molecular flexibility index (Phi) is 6.99. The number of carbonyl (C=O) groups is 1. The first kappa shape index (κ1) is 24.2. The molecule has 1 amide bonds. The fourth-order valence-corrected chi connectivity index (χ4v) is 4.58. The fourth-order valence-electron chi connectivity index (χ4n) is 3.65. The zero-order valence-corrected chi connectivity index (χ0v) is 20.5. The van der Waals surface area contributed by atoms with E-state index in [0.717, 1.165) is 21.0 Å². The Hall–Kier alpha value is -3.95. The number of amides is 1. The van der Waals surface area contributed by atoms with Gasteiger partial charge in [-0.25, -0.2) is 12.7 Å². The quantitative estimate of drug-likeness (QED) is 0.401. The summed E-state index contributed by atoms with van der Waals surface area (Å²) in [4.78, 5) is 13.4. The van der Waals surface area contributed by atoms with Crippen LogP contribution in [0.1, 0.15) is 15.9 Å². The Balaban J connectivity index is 1.62. The van der Waals surface area contributed by atoms with Crippen LogP contribution in [0, 0.1) is 0 Å². The molecule has 3 aromatic carbocycles. The molecule has 0 saturated carbocycles. The van der Waals surface area contributed by atoms with Gasteiger partial charge in [-0.3, -0.25) is 9.48 Å². The fraction of sp³-hybridized carbons (Fsp3) is 0.154. The molecule has 0 saturated heterocycles. The van der Waals surface area contributed by atoms with Crippen molar-refractivity contribution in [1.29, 1.82) is 0 Å². The second-order valence-electron chi connectivity index (χ2n) is 8.05. The number of hydrogen-bond acceptors (Lipinski definition) is 5. The average Bonchev–Trinajstić information content (AvgIpc) is 3.37. The van der Waals surface area contributed by atoms with Crippen LogP contribution in [0.15, 0.2) is 90.1 Å². The van der Waals surface area contributed by atoms with Crippen molar-refractivity contribution in [2.24, 2.45) is 0 Å². The predicted octanol–water partition coefficient (Wildman–Crippen LogP) is 4.11. The lowest BCUT2D eigenvalue weighted by molar-refractivity contribution is 0.102.